The van der Waals surface area contributed by atoms with Gasteiger partial charge in [0.1, 0.15) is 0 Å². The average Bonchev–Trinajstić information content (AvgIpc) is 2.66. The summed E-state index contributed by atoms with van der Waals surface area (Å²) in [5, 5.41) is 3.12. The molecule has 154 valence electrons. The second-order valence-electron chi connectivity index (χ2n) is 6.43. The van der Waals surface area contributed by atoms with Crippen molar-refractivity contribution in [2.24, 2.45) is 10.7 Å². The van der Waals surface area contributed by atoms with Crippen molar-refractivity contribution in [2.45, 2.75) is 56.9 Å². The van der Waals surface area contributed by atoms with Gasteiger partial charge in [-0.1, -0.05) is 51.2 Å². The highest BCUT2D eigenvalue weighted by Crippen LogP contribution is 2.11. The molecule has 0 bridgehead atoms. The molecule has 0 aliphatic heterocycles. The highest BCUT2D eigenvalue weighted by molar-refractivity contribution is 7.89. The molecule has 0 aromatic heterocycles. The zero-order valence-electron chi connectivity index (χ0n) is 16.5. The molecule has 1 rings (SSSR count). The second-order valence-corrected chi connectivity index (χ2v) is 8.20. The lowest BCUT2D eigenvalue weighted by molar-refractivity contribution is 0.204. The zero-order valence-corrected chi connectivity index (χ0v) is 17.4. The molecule has 4 N–H and O–H groups in total. The Bertz CT molecular complexity index is 645. The van der Waals surface area contributed by atoms with Crippen molar-refractivity contribution in [3.05, 3.63) is 29.8 Å². The van der Waals surface area contributed by atoms with E-state index < -0.39 is 10.0 Å². The van der Waals surface area contributed by atoms with Gasteiger partial charge in [-0.2, -0.15) is 0 Å². The van der Waals surface area contributed by atoms with Gasteiger partial charge in [-0.3, -0.25) is 0 Å². The molecule has 1 aromatic carbocycles. The van der Waals surface area contributed by atoms with Gasteiger partial charge in [0.15, 0.2) is 5.96 Å². The maximum Gasteiger partial charge on any atom is 0.240 e. The number of nitrogens with two attached hydrogens (primary N) is 1. The van der Waals surface area contributed by atoms with Gasteiger partial charge in [0, 0.05) is 20.2 Å². The van der Waals surface area contributed by atoms with Crippen LogP contribution in [0.4, 0.5) is 0 Å². The SMILES string of the molecule is CCCCCCCCNC(N)=NCc1ccc(S(=O)(=O)NCCOC)cc1. The number of guanidine groups is 1. The highest BCUT2D eigenvalue weighted by Gasteiger charge is 2.12. The molecule has 0 atom stereocenters. The quantitative estimate of drug-likeness (QED) is 0.253. The molecule has 0 amide bonds. The number of sulfonamides is 1. The van der Waals surface area contributed by atoms with Crippen molar-refractivity contribution >= 4 is 16.0 Å². The predicted octanol–water partition coefficient (Wildman–Crippen LogP) is 2.38. The zero-order chi connectivity index (χ0) is 20.0. The Morgan fingerprint density at radius 3 is 2.41 bits per heavy atom. The van der Waals surface area contributed by atoms with E-state index >= 15 is 0 Å². The Balaban J connectivity index is 2.36. The van der Waals surface area contributed by atoms with Gasteiger partial charge in [0.05, 0.1) is 18.0 Å². The maximum atomic E-state index is 12.1. The lowest BCUT2D eigenvalue weighted by atomic mass is 10.1. The van der Waals surface area contributed by atoms with Gasteiger partial charge in [-0.15, -0.1) is 0 Å². The lowest BCUT2D eigenvalue weighted by Gasteiger charge is -2.07. The number of unbranched alkanes of at least 4 members (excludes halogenated alkanes) is 5. The van der Waals surface area contributed by atoms with Gasteiger partial charge in [-0.05, 0) is 24.1 Å². The van der Waals surface area contributed by atoms with Crippen LogP contribution >= 0.6 is 0 Å². The van der Waals surface area contributed by atoms with Crippen molar-refractivity contribution in [3.63, 3.8) is 0 Å². The van der Waals surface area contributed by atoms with Gasteiger partial charge in [0.25, 0.3) is 0 Å². The third kappa shape index (κ3) is 10.3. The number of ether oxygens (including phenoxy) is 1. The summed E-state index contributed by atoms with van der Waals surface area (Å²) in [6, 6.07) is 6.63. The molecule has 0 heterocycles. The normalized spacial score (nSPS) is 12.3. The van der Waals surface area contributed by atoms with E-state index in [0.29, 0.717) is 19.1 Å². The molecule has 1 aromatic rings. The number of methoxy groups -OCH3 is 1. The Kier molecular flexibility index (Phi) is 11.7. The number of hydrogen-bond acceptors (Lipinski definition) is 4. The van der Waals surface area contributed by atoms with E-state index in [1.165, 1.54) is 39.2 Å². The average molecular weight is 399 g/mol. The summed E-state index contributed by atoms with van der Waals surface area (Å²) in [5.41, 5.74) is 6.77. The first-order valence-electron chi connectivity index (χ1n) is 9.61. The first-order chi connectivity index (χ1) is 13.0. The fourth-order valence-electron chi connectivity index (χ4n) is 2.49. The molecule has 27 heavy (non-hydrogen) atoms. The second kappa shape index (κ2) is 13.5. The Labute approximate surface area is 163 Å². The van der Waals surface area contributed by atoms with Crippen molar-refractivity contribution < 1.29 is 13.2 Å². The minimum Gasteiger partial charge on any atom is -0.383 e. The topological polar surface area (TPSA) is 106 Å². The van der Waals surface area contributed by atoms with Gasteiger partial charge in [-0.25, -0.2) is 18.1 Å². The standard InChI is InChI=1S/C19H34N4O3S/c1-3-4-5-6-7-8-13-21-19(20)22-16-17-9-11-18(12-10-17)27(24,25)23-14-15-26-2/h9-12,23H,3-8,13-16H2,1-2H3,(H3,20,21,22). The maximum absolute atomic E-state index is 12.1. The van der Waals surface area contributed by atoms with Crippen LogP contribution in [0.3, 0.4) is 0 Å². The molecule has 0 aliphatic rings. The Morgan fingerprint density at radius 1 is 1.07 bits per heavy atom. The van der Waals surface area contributed by atoms with E-state index in [0.717, 1.165) is 18.5 Å². The van der Waals surface area contributed by atoms with E-state index in [2.05, 4.69) is 22.0 Å². The molecule has 8 heteroatoms. The molecule has 0 saturated carbocycles. The molecular weight excluding hydrogens is 364 g/mol. The molecule has 0 fully saturated rings. The monoisotopic (exact) mass is 398 g/mol. The van der Waals surface area contributed by atoms with E-state index in [4.69, 9.17) is 10.5 Å². The molecule has 0 unspecified atom stereocenters. The number of benzene rings is 1. The van der Waals surface area contributed by atoms with Crippen LogP contribution < -0.4 is 15.8 Å². The third-order valence-corrected chi connectivity index (χ3v) is 5.58. The van der Waals surface area contributed by atoms with Crippen molar-refractivity contribution in [1.82, 2.24) is 10.0 Å². The van der Waals surface area contributed by atoms with Crippen LogP contribution in [0.5, 0.6) is 0 Å². The summed E-state index contributed by atoms with van der Waals surface area (Å²) >= 11 is 0. The summed E-state index contributed by atoms with van der Waals surface area (Å²) in [7, 11) is -1.98. The number of aliphatic imine (C=N–C) groups is 1. The van der Waals surface area contributed by atoms with Crippen LogP contribution in [0.2, 0.25) is 0 Å². The van der Waals surface area contributed by atoms with Crippen molar-refractivity contribution in [3.8, 4) is 0 Å². The van der Waals surface area contributed by atoms with E-state index in [9.17, 15) is 8.42 Å². The van der Waals surface area contributed by atoms with Gasteiger partial charge in [0.2, 0.25) is 10.0 Å². The summed E-state index contributed by atoms with van der Waals surface area (Å²) < 4.78 is 31.5. The molecule has 0 spiro atoms. The van der Waals surface area contributed by atoms with Gasteiger partial charge >= 0.3 is 0 Å². The van der Waals surface area contributed by atoms with E-state index in [1.54, 1.807) is 24.3 Å². The van der Waals surface area contributed by atoms with E-state index in [1.807, 2.05) is 0 Å². The fourth-order valence-corrected chi connectivity index (χ4v) is 3.50. The minimum atomic E-state index is -3.51. The van der Waals surface area contributed by atoms with E-state index in [-0.39, 0.29) is 11.4 Å². The van der Waals surface area contributed by atoms with Crippen molar-refractivity contribution in [1.29, 1.82) is 0 Å². The first-order valence-corrected chi connectivity index (χ1v) is 11.1. The van der Waals surface area contributed by atoms with Crippen LogP contribution in [0, 0.1) is 0 Å². The smallest absolute Gasteiger partial charge is 0.240 e. The van der Waals surface area contributed by atoms with Crippen LogP contribution in [0.25, 0.3) is 0 Å². The number of nitrogens with one attached hydrogen (secondary N) is 2. The number of nitrogens with zero attached hydrogens (tertiary/aromatic N) is 1. The number of rotatable bonds is 14. The summed E-state index contributed by atoms with van der Waals surface area (Å²) in [6.07, 6.45) is 7.42. The molecule has 0 radical (unpaired) electrons. The molecule has 0 aliphatic carbocycles. The largest absolute Gasteiger partial charge is 0.383 e. The molecule has 0 saturated heterocycles. The van der Waals surface area contributed by atoms with Crippen molar-refractivity contribution in [2.75, 3.05) is 26.8 Å². The predicted molar refractivity (Wildman–Crippen MR) is 110 cm³/mol. The van der Waals surface area contributed by atoms with Crippen LogP contribution in [0.1, 0.15) is 51.0 Å². The molecular formula is C19H34N4O3S. The summed E-state index contributed by atoms with van der Waals surface area (Å²) in [6.45, 7) is 4.02. The first kappa shape index (κ1) is 23.4. The highest BCUT2D eigenvalue weighted by atomic mass is 32.2. The number of hydrogen-bond donors (Lipinski definition) is 3. The Morgan fingerprint density at radius 2 is 1.74 bits per heavy atom. The lowest BCUT2D eigenvalue weighted by Crippen LogP contribution is -2.32. The van der Waals surface area contributed by atoms with Crippen LogP contribution in [0.15, 0.2) is 34.2 Å². The summed E-state index contributed by atoms with van der Waals surface area (Å²) in [5.74, 6) is 0.418. The summed E-state index contributed by atoms with van der Waals surface area (Å²) in [4.78, 5) is 4.52. The molecule has 7 nitrogen and oxygen atoms in total. The van der Waals surface area contributed by atoms with Crippen LogP contribution in [-0.4, -0.2) is 41.2 Å². The minimum absolute atomic E-state index is 0.223. The Hall–Kier alpha value is -1.64. The third-order valence-electron chi connectivity index (χ3n) is 4.10. The van der Waals surface area contributed by atoms with Crippen LogP contribution in [-0.2, 0) is 21.3 Å². The van der Waals surface area contributed by atoms with Gasteiger partial charge < -0.3 is 15.8 Å². The fraction of sp³-hybridized carbons (Fsp3) is 0.632.